The lowest BCUT2D eigenvalue weighted by atomic mass is 10.1. The molecule has 2 saturated heterocycles. The van der Waals surface area contributed by atoms with Crippen molar-refractivity contribution < 1.29 is 14.3 Å². The third-order valence-electron chi connectivity index (χ3n) is 5.01. The topological polar surface area (TPSA) is 53.1 Å². The number of ether oxygens (including phenoxy) is 1. The number of para-hydroxylation sites is 1. The molecule has 6 nitrogen and oxygen atoms in total. The summed E-state index contributed by atoms with van der Waals surface area (Å²) in [5.41, 5.74) is 1.04. The van der Waals surface area contributed by atoms with Crippen LogP contribution in [0.15, 0.2) is 30.3 Å². The minimum absolute atomic E-state index is 0.0369. The average Bonchev–Trinajstić information content (AvgIpc) is 3.16. The zero-order valence-corrected chi connectivity index (χ0v) is 14.9. The molecule has 0 radical (unpaired) electrons. The van der Waals surface area contributed by atoms with Gasteiger partial charge in [-0.2, -0.15) is 0 Å². The van der Waals surface area contributed by atoms with E-state index in [1.54, 1.807) is 4.90 Å². The van der Waals surface area contributed by atoms with E-state index in [9.17, 15) is 9.59 Å². The molecular formula is C19H27N3O3. The fourth-order valence-corrected chi connectivity index (χ4v) is 3.60. The van der Waals surface area contributed by atoms with Crippen molar-refractivity contribution in [1.82, 2.24) is 9.80 Å². The van der Waals surface area contributed by atoms with E-state index in [2.05, 4.69) is 4.90 Å². The SMILES string of the molecule is CCN(CC(=O)N1CCCC1C(=O)N1CCOCC1)c1ccccc1. The maximum atomic E-state index is 12.9. The lowest BCUT2D eigenvalue weighted by Gasteiger charge is -2.33. The number of amides is 2. The van der Waals surface area contributed by atoms with Crippen LogP contribution in [0.5, 0.6) is 0 Å². The van der Waals surface area contributed by atoms with Crippen molar-refractivity contribution in [3.63, 3.8) is 0 Å². The smallest absolute Gasteiger partial charge is 0.245 e. The minimum Gasteiger partial charge on any atom is -0.378 e. The first-order valence-electron chi connectivity index (χ1n) is 9.16. The van der Waals surface area contributed by atoms with Crippen molar-refractivity contribution in [2.75, 3.05) is 50.8 Å². The van der Waals surface area contributed by atoms with Gasteiger partial charge in [-0.3, -0.25) is 9.59 Å². The summed E-state index contributed by atoms with van der Waals surface area (Å²) >= 11 is 0. The van der Waals surface area contributed by atoms with E-state index < -0.39 is 0 Å². The number of anilines is 1. The van der Waals surface area contributed by atoms with Crippen LogP contribution in [0.1, 0.15) is 19.8 Å². The summed E-state index contributed by atoms with van der Waals surface area (Å²) in [6.45, 7) is 6.21. The van der Waals surface area contributed by atoms with Gasteiger partial charge in [0.25, 0.3) is 0 Å². The molecule has 2 aliphatic heterocycles. The van der Waals surface area contributed by atoms with Gasteiger partial charge in [0.1, 0.15) is 6.04 Å². The largest absolute Gasteiger partial charge is 0.378 e. The summed E-state index contributed by atoms with van der Waals surface area (Å²) in [6, 6.07) is 9.64. The standard InChI is InChI=1S/C19H27N3O3/c1-2-20(16-7-4-3-5-8-16)15-18(23)22-10-6-9-17(22)19(24)21-11-13-25-14-12-21/h3-5,7-8,17H,2,6,9-15H2,1H3. The maximum Gasteiger partial charge on any atom is 0.245 e. The van der Waals surface area contributed by atoms with Gasteiger partial charge in [0.2, 0.25) is 11.8 Å². The predicted octanol–water partition coefficient (Wildman–Crippen LogP) is 1.36. The van der Waals surface area contributed by atoms with E-state index in [1.807, 2.05) is 42.2 Å². The molecule has 2 fully saturated rings. The third-order valence-corrected chi connectivity index (χ3v) is 5.01. The van der Waals surface area contributed by atoms with Gasteiger partial charge in [0.15, 0.2) is 0 Å². The monoisotopic (exact) mass is 345 g/mol. The van der Waals surface area contributed by atoms with E-state index in [0.717, 1.165) is 25.1 Å². The van der Waals surface area contributed by atoms with Gasteiger partial charge in [-0.1, -0.05) is 18.2 Å². The Hall–Kier alpha value is -2.08. The van der Waals surface area contributed by atoms with Crippen LogP contribution in [0.25, 0.3) is 0 Å². The van der Waals surface area contributed by atoms with Crippen LogP contribution in [0, 0.1) is 0 Å². The number of hydrogen-bond donors (Lipinski definition) is 0. The predicted molar refractivity (Wildman–Crippen MR) is 96.5 cm³/mol. The van der Waals surface area contributed by atoms with Crippen molar-refractivity contribution in [3.8, 4) is 0 Å². The second kappa shape index (κ2) is 8.34. The van der Waals surface area contributed by atoms with Crippen LogP contribution in [-0.2, 0) is 14.3 Å². The van der Waals surface area contributed by atoms with Gasteiger partial charge < -0.3 is 19.4 Å². The molecule has 0 bridgehead atoms. The summed E-state index contributed by atoms with van der Waals surface area (Å²) in [7, 11) is 0. The number of morpholine rings is 1. The summed E-state index contributed by atoms with van der Waals surface area (Å²) in [6.07, 6.45) is 1.66. The lowest BCUT2D eigenvalue weighted by Crippen LogP contribution is -2.52. The Balaban J connectivity index is 1.64. The van der Waals surface area contributed by atoms with Gasteiger partial charge in [-0.25, -0.2) is 0 Å². The van der Waals surface area contributed by atoms with E-state index in [1.165, 1.54) is 0 Å². The Morgan fingerprint density at radius 2 is 1.88 bits per heavy atom. The Labute approximate surface area is 149 Å². The minimum atomic E-state index is -0.305. The number of hydrogen-bond acceptors (Lipinski definition) is 4. The van der Waals surface area contributed by atoms with E-state index >= 15 is 0 Å². The molecule has 0 N–H and O–H groups in total. The summed E-state index contributed by atoms with van der Waals surface area (Å²) in [4.78, 5) is 31.4. The quantitative estimate of drug-likeness (QED) is 0.809. The van der Waals surface area contributed by atoms with Crippen LogP contribution >= 0.6 is 0 Å². The Bertz CT molecular complexity index is 587. The van der Waals surface area contributed by atoms with Gasteiger partial charge in [-0.05, 0) is 31.9 Å². The molecule has 1 aromatic rings. The fourth-order valence-electron chi connectivity index (χ4n) is 3.60. The van der Waals surface area contributed by atoms with Crippen molar-refractivity contribution in [2.24, 2.45) is 0 Å². The molecule has 2 aliphatic rings. The normalized spacial score (nSPS) is 20.6. The molecule has 0 aromatic heterocycles. The first-order chi connectivity index (χ1) is 12.2. The molecule has 1 unspecified atom stereocenters. The van der Waals surface area contributed by atoms with Crippen molar-refractivity contribution in [2.45, 2.75) is 25.8 Å². The van der Waals surface area contributed by atoms with E-state index in [4.69, 9.17) is 4.74 Å². The van der Waals surface area contributed by atoms with Crippen LogP contribution in [-0.4, -0.2) is 73.6 Å². The number of carbonyl (C=O) groups excluding carboxylic acids is 2. The third kappa shape index (κ3) is 4.12. The van der Waals surface area contributed by atoms with Gasteiger partial charge in [0.05, 0.1) is 19.8 Å². The van der Waals surface area contributed by atoms with Crippen molar-refractivity contribution in [1.29, 1.82) is 0 Å². The van der Waals surface area contributed by atoms with E-state index in [0.29, 0.717) is 39.4 Å². The molecule has 1 atom stereocenters. The molecule has 6 heteroatoms. The first kappa shape index (κ1) is 17.7. The molecule has 3 rings (SSSR count). The highest BCUT2D eigenvalue weighted by atomic mass is 16.5. The van der Waals surface area contributed by atoms with Crippen molar-refractivity contribution in [3.05, 3.63) is 30.3 Å². The van der Waals surface area contributed by atoms with Crippen LogP contribution in [0.4, 0.5) is 5.69 Å². The summed E-state index contributed by atoms with van der Waals surface area (Å²) in [5, 5.41) is 0. The Morgan fingerprint density at radius 1 is 1.16 bits per heavy atom. The molecule has 2 heterocycles. The lowest BCUT2D eigenvalue weighted by molar-refractivity contribution is -0.145. The van der Waals surface area contributed by atoms with Crippen LogP contribution in [0.3, 0.4) is 0 Å². The van der Waals surface area contributed by atoms with Gasteiger partial charge in [-0.15, -0.1) is 0 Å². The molecule has 2 amide bonds. The number of likely N-dealkylation sites (N-methyl/N-ethyl adjacent to an activating group) is 1. The number of benzene rings is 1. The summed E-state index contributed by atoms with van der Waals surface area (Å²) < 4.78 is 5.32. The zero-order chi connectivity index (χ0) is 17.6. The average molecular weight is 345 g/mol. The molecule has 0 spiro atoms. The second-order valence-corrected chi connectivity index (χ2v) is 6.53. The summed E-state index contributed by atoms with van der Waals surface area (Å²) in [5.74, 6) is 0.117. The molecule has 0 saturated carbocycles. The highest BCUT2D eigenvalue weighted by Gasteiger charge is 2.37. The first-order valence-corrected chi connectivity index (χ1v) is 9.16. The molecular weight excluding hydrogens is 318 g/mol. The highest BCUT2D eigenvalue weighted by Crippen LogP contribution is 2.21. The van der Waals surface area contributed by atoms with Gasteiger partial charge in [0, 0.05) is 31.9 Å². The molecule has 1 aromatic carbocycles. The number of nitrogens with zero attached hydrogens (tertiary/aromatic N) is 3. The van der Waals surface area contributed by atoms with Gasteiger partial charge >= 0.3 is 0 Å². The van der Waals surface area contributed by atoms with Crippen LogP contribution < -0.4 is 4.90 Å². The number of likely N-dealkylation sites (tertiary alicyclic amines) is 1. The maximum absolute atomic E-state index is 12.9. The molecule has 25 heavy (non-hydrogen) atoms. The molecule has 0 aliphatic carbocycles. The molecule has 136 valence electrons. The fraction of sp³-hybridized carbons (Fsp3) is 0.579. The second-order valence-electron chi connectivity index (χ2n) is 6.53. The number of rotatable bonds is 5. The Morgan fingerprint density at radius 3 is 2.56 bits per heavy atom. The highest BCUT2D eigenvalue weighted by molar-refractivity contribution is 5.90. The van der Waals surface area contributed by atoms with Crippen molar-refractivity contribution >= 4 is 17.5 Å². The van der Waals surface area contributed by atoms with Crippen LogP contribution in [0.2, 0.25) is 0 Å². The number of carbonyl (C=O) groups is 2. The van der Waals surface area contributed by atoms with E-state index in [-0.39, 0.29) is 17.9 Å². The zero-order valence-electron chi connectivity index (χ0n) is 14.9. The Kier molecular flexibility index (Phi) is 5.91.